The number of hydrogen-bond acceptors (Lipinski definition) is 6. The van der Waals surface area contributed by atoms with Gasteiger partial charge in [-0.05, 0) is 42.7 Å². The molecule has 0 spiro atoms. The number of H-pyrrole nitrogens is 1. The van der Waals surface area contributed by atoms with Crippen LogP contribution in [0.15, 0.2) is 48.8 Å². The molecule has 2 amide bonds. The Morgan fingerprint density at radius 2 is 2.15 bits per heavy atom. The lowest BCUT2D eigenvalue weighted by molar-refractivity contribution is -0.141. The fourth-order valence-electron chi connectivity index (χ4n) is 3.72. The fraction of sp³-hybridized carbons (Fsp3) is 0.304. The maximum absolute atomic E-state index is 13.4. The van der Waals surface area contributed by atoms with Crippen LogP contribution in [0.2, 0.25) is 0 Å². The molecule has 4 N–H and O–H groups in total. The number of benzene rings is 1. The number of carbonyl (C=O) groups excluding carboxylic acids is 2. The van der Waals surface area contributed by atoms with Crippen molar-refractivity contribution in [2.45, 2.75) is 18.9 Å². The van der Waals surface area contributed by atoms with E-state index in [1.807, 2.05) is 6.07 Å². The van der Waals surface area contributed by atoms with Crippen molar-refractivity contribution < 1.29 is 19.1 Å². The molecule has 10 heteroatoms. The SMILES string of the molecule is O=C(NC[C@H]1CCN1C(=O)CO)c1ccc(-c2cn[nH]c2)nc1NCCc1cccc(F)c1. The fourth-order valence-corrected chi connectivity index (χ4v) is 3.72. The highest BCUT2D eigenvalue weighted by Crippen LogP contribution is 2.22. The second-order valence-corrected chi connectivity index (χ2v) is 7.78. The minimum Gasteiger partial charge on any atom is -0.387 e. The average molecular weight is 452 g/mol. The number of hydrogen-bond donors (Lipinski definition) is 4. The number of halogens is 1. The lowest BCUT2D eigenvalue weighted by Crippen LogP contribution is -2.56. The summed E-state index contributed by atoms with van der Waals surface area (Å²) >= 11 is 0. The first kappa shape index (κ1) is 22.4. The van der Waals surface area contributed by atoms with Crippen LogP contribution in [-0.4, -0.2) is 69.3 Å². The summed E-state index contributed by atoms with van der Waals surface area (Å²) in [5.41, 5.74) is 2.62. The average Bonchev–Trinajstić information content (AvgIpc) is 3.33. The number of aliphatic hydroxyl groups excluding tert-OH is 1. The number of anilines is 1. The van der Waals surface area contributed by atoms with Crippen molar-refractivity contribution in [1.82, 2.24) is 25.4 Å². The van der Waals surface area contributed by atoms with E-state index in [4.69, 9.17) is 5.11 Å². The third kappa shape index (κ3) is 5.35. The van der Waals surface area contributed by atoms with Crippen molar-refractivity contribution in [2.75, 3.05) is 31.6 Å². The van der Waals surface area contributed by atoms with E-state index < -0.39 is 6.61 Å². The molecule has 3 heterocycles. The van der Waals surface area contributed by atoms with Gasteiger partial charge < -0.3 is 20.6 Å². The molecule has 172 valence electrons. The third-order valence-electron chi connectivity index (χ3n) is 5.63. The zero-order valence-electron chi connectivity index (χ0n) is 17.9. The molecule has 1 aliphatic rings. The quantitative estimate of drug-likeness (QED) is 0.391. The van der Waals surface area contributed by atoms with E-state index in [9.17, 15) is 14.0 Å². The Bertz CT molecular complexity index is 1120. The summed E-state index contributed by atoms with van der Waals surface area (Å²) in [7, 11) is 0. The van der Waals surface area contributed by atoms with E-state index in [1.165, 1.54) is 12.1 Å². The summed E-state index contributed by atoms with van der Waals surface area (Å²) < 4.78 is 13.4. The number of aromatic amines is 1. The number of nitrogens with one attached hydrogen (secondary N) is 3. The van der Waals surface area contributed by atoms with Crippen molar-refractivity contribution >= 4 is 17.6 Å². The van der Waals surface area contributed by atoms with Crippen LogP contribution < -0.4 is 10.6 Å². The van der Waals surface area contributed by atoms with Crippen LogP contribution in [0, 0.1) is 5.82 Å². The van der Waals surface area contributed by atoms with Crippen molar-refractivity contribution in [3.63, 3.8) is 0 Å². The van der Waals surface area contributed by atoms with Crippen LogP contribution in [0.3, 0.4) is 0 Å². The van der Waals surface area contributed by atoms with Crippen molar-refractivity contribution in [3.05, 3.63) is 65.7 Å². The van der Waals surface area contributed by atoms with E-state index in [0.29, 0.717) is 36.6 Å². The second kappa shape index (κ2) is 10.2. The number of pyridine rings is 1. The predicted octanol–water partition coefficient (Wildman–Crippen LogP) is 1.59. The highest BCUT2D eigenvalue weighted by Gasteiger charge is 2.31. The van der Waals surface area contributed by atoms with Gasteiger partial charge in [0.2, 0.25) is 5.91 Å². The summed E-state index contributed by atoms with van der Waals surface area (Å²) in [4.78, 5) is 30.8. The molecule has 1 fully saturated rings. The van der Waals surface area contributed by atoms with Crippen LogP contribution >= 0.6 is 0 Å². The van der Waals surface area contributed by atoms with Crippen LogP contribution in [0.4, 0.5) is 10.2 Å². The van der Waals surface area contributed by atoms with Crippen LogP contribution in [0.5, 0.6) is 0 Å². The Kier molecular flexibility index (Phi) is 6.94. The molecular weight excluding hydrogens is 427 g/mol. The maximum Gasteiger partial charge on any atom is 0.255 e. The second-order valence-electron chi connectivity index (χ2n) is 7.78. The van der Waals surface area contributed by atoms with E-state index in [-0.39, 0.29) is 30.2 Å². The lowest BCUT2D eigenvalue weighted by atomic mass is 10.0. The highest BCUT2D eigenvalue weighted by molar-refractivity contribution is 5.99. The largest absolute Gasteiger partial charge is 0.387 e. The Morgan fingerprint density at radius 3 is 2.85 bits per heavy atom. The maximum atomic E-state index is 13.4. The van der Waals surface area contributed by atoms with Gasteiger partial charge in [-0.1, -0.05) is 12.1 Å². The van der Waals surface area contributed by atoms with E-state index >= 15 is 0 Å². The molecule has 1 saturated heterocycles. The molecule has 0 aliphatic carbocycles. The molecule has 0 radical (unpaired) electrons. The van der Waals surface area contributed by atoms with Crippen LogP contribution in [0.1, 0.15) is 22.3 Å². The predicted molar refractivity (Wildman–Crippen MR) is 120 cm³/mol. The van der Waals surface area contributed by atoms with Gasteiger partial charge in [0.05, 0.1) is 23.5 Å². The summed E-state index contributed by atoms with van der Waals surface area (Å²) in [5.74, 6) is -0.555. The van der Waals surface area contributed by atoms with Crippen molar-refractivity contribution in [1.29, 1.82) is 0 Å². The van der Waals surface area contributed by atoms with Gasteiger partial charge in [-0.3, -0.25) is 14.7 Å². The first-order valence-corrected chi connectivity index (χ1v) is 10.7. The monoisotopic (exact) mass is 452 g/mol. The molecule has 1 atom stereocenters. The summed E-state index contributed by atoms with van der Waals surface area (Å²) in [6, 6.07) is 9.67. The van der Waals surface area contributed by atoms with Gasteiger partial charge >= 0.3 is 0 Å². The first-order valence-electron chi connectivity index (χ1n) is 10.7. The van der Waals surface area contributed by atoms with Gasteiger partial charge in [0.15, 0.2) is 0 Å². The molecule has 0 bridgehead atoms. The molecular formula is C23H25FN6O3. The molecule has 0 unspecified atom stereocenters. The minimum absolute atomic E-state index is 0.129. The smallest absolute Gasteiger partial charge is 0.255 e. The standard InChI is InChI=1S/C23H25FN6O3/c24-17-3-1-2-15(10-17)6-8-25-22-19(4-5-20(29-22)16-11-27-28-12-16)23(33)26-13-18-7-9-30(18)21(32)14-31/h1-5,10-12,18,31H,6-9,13-14H2,(H,25,29)(H,26,33)(H,27,28)/t18-/m1/s1. The van der Waals surface area contributed by atoms with Crippen molar-refractivity contribution in [2.24, 2.45) is 0 Å². The molecule has 4 rings (SSSR count). The first-order chi connectivity index (χ1) is 16.0. The Morgan fingerprint density at radius 1 is 1.27 bits per heavy atom. The van der Waals surface area contributed by atoms with E-state index in [0.717, 1.165) is 17.5 Å². The Balaban J connectivity index is 1.46. The summed E-state index contributed by atoms with van der Waals surface area (Å²) in [6.07, 6.45) is 4.67. The molecule has 9 nitrogen and oxygen atoms in total. The summed E-state index contributed by atoms with van der Waals surface area (Å²) in [6.45, 7) is 0.779. The molecule has 1 aliphatic heterocycles. The number of likely N-dealkylation sites (tertiary alicyclic amines) is 1. The van der Waals surface area contributed by atoms with Crippen LogP contribution in [0.25, 0.3) is 11.3 Å². The number of rotatable bonds is 9. The van der Waals surface area contributed by atoms with E-state index in [1.54, 1.807) is 35.5 Å². The molecule has 1 aromatic carbocycles. The van der Waals surface area contributed by atoms with E-state index in [2.05, 4.69) is 25.8 Å². The Hall–Kier alpha value is -3.79. The number of nitrogens with zero attached hydrogens (tertiary/aromatic N) is 3. The molecule has 0 saturated carbocycles. The van der Waals surface area contributed by atoms with Gasteiger partial charge in [-0.25, -0.2) is 9.37 Å². The van der Waals surface area contributed by atoms with Crippen LogP contribution in [-0.2, 0) is 11.2 Å². The summed E-state index contributed by atoms with van der Waals surface area (Å²) in [5, 5.41) is 21.8. The topological polar surface area (TPSA) is 123 Å². The minimum atomic E-state index is -0.538. The van der Waals surface area contributed by atoms with Crippen molar-refractivity contribution in [3.8, 4) is 11.3 Å². The number of aliphatic hydroxyl groups is 1. The highest BCUT2D eigenvalue weighted by atomic mass is 19.1. The molecule has 33 heavy (non-hydrogen) atoms. The normalized spacial score (nSPS) is 15.1. The zero-order valence-corrected chi connectivity index (χ0v) is 17.9. The number of carbonyl (C=O) groups is 2. The Labute approximate surface area is 190 Å². The van der Waals surface area contributed by atoms with Gasteiger partial charge in [-0.2, -0.15) is 5.10 Å². The molecule has 3 aromatic rings. The number of amides is 2. The van der Waals surface area contributed by atoms with Gasteiger partial charge in [0, 0.05) is 31.4 Å². The van der Waals surface area contributed by atoms with Gasteiger partial charge in [0.25, 0.3) is 5.91 Å². The van der Waals surface area contributed by atoms with Gasteiger partial charge in [0.1, 0.15) is 18.2 Å². The number of aromatic nitrogens is 3. The third-order valence-corrected chi connectivity index (χ3v) is 5.63. The lowest BCUT2D eigenvalue weighted by Gasteiger charge is -2.40. The van der Waals surface area contributed by atoms with Gasteiger partial charge in [-0.15, -0.1) is 0 Å². The molecule has 2 aromatic heterocycles. The zero-order chi connectivity index (χ0) is 23.2.